The van der Waals surface area contributed by atoms with Crippen molar-refractivity contribution >= 4 is 0 Å². The maximum atomic E-state index is 12.1. The highest BCUT2D eigenvalue weighted by molar-refractivity contribution is 5.21. The Morgan fingerprint density at radius 3 is 1.88 bits per heavy atom. The van der Waals surface area contributed by atoms with Gasteiger partial charge in [-0.15, -0.1) is 0 Å². The van der Waals surface area contributed by atoms with Gasteiger partial charge in [0.25, 0.3) is 0 Å². The van der Waals surface area contributed by atoms with E-state index in [-0.39, 0.29) is 5.75 Å². The maximum absolute atomic E-state index is 12.1. The van der Waals surface area contributed by atoms with E-state index in [9.17, 15) is 4.39 Å². The molecule has 0 aliphatic rings. The van der Waals surface area contributed by atoms with Gasteiger partial charge in [-0.2, -0.15) is 0 Å². The fourth-order valence-electron chi connectivity index (χ4n) is 1.01. The summed E-state index contributed by atoms with van der Waals surface area (Å²) in [4.78, 5) is 0. The minimum atomic E-state index is -0.576. The lowest BCUT2D eigenvalue weighted by atomic mass is 10.3. The number of aromatic hydroxyl groups is 1. The molecule has 2 aromatic carbocycles. The zero-order chi connectivity index (χ0) is 11.8. The van der Waals surface area contributed by atoms with Gasteiger partial charge in [-0.05, 0) is 24.3 Å². The Hall–Kier alpha value is -2.03. The first-order chi connectivity index (χ1) is 7.74. The molecule has 84 valence electrons. The molecule has 0 saturated heterocycles. The third kappa shape index (κ3) is 4.00. The van der Waals surface area contributed by atoms with Crippen LogP contribution in [0.15, 0.2) is 54.6 Å². The molecule has 0 atom stereocenters. The van der Waals surface area contributed by atoms with Crippen LogP contribution < -0.4 is 4.74 Å². The summed E-state index contributed by atoms with van der Waals surface area (Å²) in [5.74, 6) is 0.0347. The lowest BCUT2D eigenvalue weighted by Crippen LogP contribution is -1.78. The lowest BCUT2D eigenvalue weighted by Gasteiger charge is -1.93. The highest BCUT2D eigenvalue weighted by Gasteiger charge is 1.92. The zero-order valence-corrected chi connectivity index (χ0v) is 8.93. The van der Waals surface area contributed by atoms with Gasteiger partial charge in [0, 0.05) is 0 Å². The lowest BCUT2D eigenvalue weighted by molar-refractivity contribution is 0.415. The minimum absolute atomic E-state index is 0.299. The number of ether oxygens (including phenoxy) is 1. The molecule has 0 aliphatic carbocycles. The van der Waals surface area contributed by atoms with Gasteiger partial charge in [0.1, 0.15) is 5.75 Å². The van der Waals surface area contributed by atoms with E-state index in [4.69, 9.17) is 9.84 Å². The van der Waals surface area contributed by atoms with Gasteiger partial charge in [-0.1, -0.05) is 30.3 Å². The number of halogens is 1. The monoisotopic (exact) mass is 220 g/mol. The molecule has 0 aromatic heterocycles. The summed E-state index contributed by atoms with van der Waals surface area (Å²) in [7, 11) is 1.66. The average molecular weight is 220 g/mol. The quantitative estimate of drug-likeness (QED) is 0.799. The van der Waals surface area contributed by atoms with Gasteiger partial charge in [-0.3, -0.25) is 0 Å². The Bertz CT molecular complexity index is 394. The summed E-state index contributed by atoms with van der Waals surface area (Å²) in [6.07, 6.45) is 0. The van der Waals surface area contributed by atoms with Crippen LogP contribution in [0.1, 0.15) is 0 Å². The van der Waals surface area contributed by atoms with Crippen molar-refractivity contribution in [3.8, 4) is 11.5 Å². The summed E-state index contributed by atoms with van der Waals surface area (Å²) in [5.41, 5.74) is 0. The second-order valence-electron chi connectivity index (χ2n) is 2.97. The van der Waals surface area contributed by atoms with E-state index >= 15 is 0 Å². The molecule has 0 aliphatic heterocycles. The number of para-hydroxylation sites is 2. The Labute approximate surface area is 93.9 Å². The largest absolute Gasteiger partial charge is 0.505 e. The number of hydrogen-bond donors (Lipinski definition) is 1. The topological polar surface area (TPSA) is 29.5 Å². The molecular weight excluding hydrogens is 207 g/mol. The number of rotatable bonds is 1. The van der Waals surface area contributed by atoms with E-state index in [1.165, 1.54) is 18.2 Å². The van der Waals surface area contributed by atoms with Crippen molar-refractivity contribution in [3.63, 3.8) is 0 Å². The fraction of sp³-hybridized carbons (Fsp3) is 0.0769. The summed E-state index contributed by atoms with van der Waals surface area (Å²) >= 11 is 0. The van der Waals surface area contributed by atoms with E-state index in [0.717, 1.165) is 5.75 Å². The Morgan fingerprint density at radius 2 is 1.50 bits per heavy atom. The fourth-order valence-corrected chi connectivity index (χ4v) is 1.01. The molecule has 2 nitrogen and oxygen atoms in total. The van der Waals surface area contributed by atoms with Gasteiger partial charge in [-0.25, -0.2) is 4.39 Å². The third-order valence-corrected chi connectivity index (χ3v) is 1.83. The molecule has 16 heavy (non-hydrogen) atoms. The number of phenols is 1. The molecule has 0 unspecified atom stereocenters. The van der Waals surface area contributed by atoms with E-state index in [0.29, 0.717) is 0 Å². The summed E-state index contributed by atoms with van der Waals surface area (Å²) in [5, 5.41) is 8.54. The van der Waals surface area contributed by atoms with Crippen LogP contribution in [0, 0.1) is 5.82 Å². The van der Waals surface area contributed by atoms with Crippen LogP contribution in [-0.4, -0.2) is 12.2 Å². The van der Waals surface area contributed by atoms with Crippen LogP contribution in [0.2, 0.25) is 0 Å². The number of phenolic OH excluding ortho intramolecular Hbond substituents is 1. The Balaban J connectivity index is 0.000000160. The highest BCUT2D eigenvalue weighted by Crippen LogP contribution is 2.11. The molecule has 2 aromatic rings. The van der Waals surface area contributed by atoms with Crippen LogP contribution in [0.3, 0.4) is 0 Å². The van der Waals surface area contributed by atoms with Crippen molar-refractivity contribution in [1.82, 2.24) is 0 Å². The highest BCUT2D eigenvalue weighted by atomic mass is 19.1. The van der Waals surface area contributed by atoms with Crippen molar-refractivity contribution < 1.29 is 14.2 Å². The molecule has 0 radical (unpaired) electrons. The molecule has 0 fully saturated rings. The van der Waals surface area contributed by atoms with Gasteiger partial charge in [0.05, 0.1) is 7.11 Å². The second kappa shape index (κ2) is 6.45. The molecule has 2 rings (SSSR count). The maximum Gasteiger partial charge on any atom is 0.164 e. The Morgan fingerprint density at radius 1 is 0.938 bits per heavy atom. The van der Waals surface area contributed by atoms with Crippen molar-refractivity contribution in [3.05, 3.63) is 60.4 Å². The Kier molecular flexibility index (Phi) is 4.86. The predicted molar refractivity (Wildman–Crippen MR) is 61.1 cm³/mol. The summed E-state index contributed by atoms with van der Waals surface area (Å²) < 4.78 is 17.0. The number of hydrogen-bond acceptors (Lipinski definition) is 2. The second-order valence-corrected chi connectivity index (χ2v) is 2.97. The summed E-state index contributed by atoms with van der Waals surface area (Å²) in [6, 6.07) is 15.3. The van der Waals surface area contributed by atoms with Crippen LogP contribution in [0.4, 0.5) is 4.39 Å². The molecule has 0 bridgehead atoms. The molecule has 0 heterocycles. The van der Waals surface area contributed by atoms with Gasteiger partial charge in [0.15, 0.2) is 11.6 Å². The predicted octanol–water partition coefficient (Wildman–Crippen LogP) is 3.23. The van der Waals surface area contributed by atoms with Crippen LogP contribution in [-0.2, 0) is 0 Å². The van der Waals surface area contributed by atoms with E-state index in [1.807, 2.05) is 30.3 Å². The van der Waals surface area contributed by atoms with Gasteiger partial charge < -0.3 is 9.84 Å². The SMILES string of the molecule is COc1ccccc1.Oc1ccccc1F. The van der Waals surface area contributed by atoms with Crippen LogP contribution in [0.25, 0.3) is 0 Å². The third-order valence-electron chi connectivity index (χ3n) is 1.83. The molecule has 3 heteroatoms. The smallest absolute Gasteiger partial charge is 0.164 e. The first-order valence-electron chi connectivity index (χ1n) is 4.76. The van der Waals surface area contributed by atoms with Crippen LogP contribution >= 0.6 is 0 Å². The first-order valence-corrected chi connectivity index (χ1v) is 4.76. The van der Waals surface area contributed by atoms with Crippen molar-refractivity contribution in [2.75, 3.05) is 7.11 Å². The van der Waals surface area contributed by atoms with Crippen LogP contribution in [0.5, 0.6) is 11.5 Å². The van der Waals surface area contributed by atoms with E-state index < -0.39 is 5.82 Å². The standard InChI is InChI=1S/C7H8O.C6H5FO/c1-8-7-5-3-2-4-6-7;7-5-3-1-2-4-6(5)8/h2-6H,1H3;1-4,8H. The molecular formula is C13H13FO2. The minimum Gasteiger partial charge on any atom is -0.505 e. The average Bonchev–Trinajstić information content (AvgIpc) is 2.35. The first kappa shape index (κ1) is 12.0. The normalized spacial score (nSPS) is 8.88. The van der Waals surface area contributed by atoms with Gasteiger partial charge >= 0.3 is 0 Å². The molecule has 1 N–H and O–H groups in total. The zero-order valence-electron chi connectivity index (χ0n) is 8.93. The van der Waals surface area contributed by atoms with Crippen molar-refractivity contribution in [2.45, 2.75) is 0 Å². The van der Waals surface area contributed by atoms with E-state index in [2.05, 4.69) is 0 Å². The summed E-state index contributed by atoms with van der Waals surface area (Å²) in [6.45, 7) is 0. The molecule has 0 amide bonds. The number of benzene rings is 2. The van der Waals surface area contributed by atoms with Gasteiger partial charge in [0.2, 0.25) is 0 Å². The number of methoxy groups -OCH3 is 1. The van der Waals surface area contributed by atoms with E-state index in [1.54, 1.807) is 13.2 Å². The van der Waals surface area contributed by atoms with Crippen molar-refractivity contribution in [1.29, 1.82) is 0 Å². The molecule has 0 spiro atoms. The van der Waals surface area contributed by atoms with Crippen molar-refractivity contribution in [2.24, 2.45) is 0 Å². The molecule has 0 saturated carbocycles.